The monoisotopic (exact) mass is 276 g/mol. The molecular weight excluding hydrogens is 256 g/mol. The number of H-pyrrole nitrogens is 1. The van der Waals surface area contributed by atoms with E-state index < -0.39 is 0 Å². The van der Waals surface area contributed by atoms with Gasteiger partial charge in [0.15, 0.2) is 0 Å². The van der Waals surface area contributed by atoms with Gasteiger partial charge in [-0.3, -0.25) is 9.59 Å². The zero-order chi connectivity index (χ0) is 14.2. The van der Waals surface area contributed by atoms with E-state index in [1.165, 1.54) is 12.8 Å². The Morgan fingerprint density at radius 1 is 1.40 bits per heavy atom. The fourth-order valence-electron chi connectivity index (χ4n) is 3.32. The number of carbonyl (C=O) groups excluding carboxylic acids is 1. The van der Waals surface area contributed by atoms with Crippen LogP contribution >= 0.6 is 0 Å². The standard InChI is InChI=1S/C15H20N2O3/c1-10-4-5-12(13(18)16-10)14(19)17-11-8-15(20-9-11)6-2-3-7-15/h4-5,11H,2-3,6-9H2,1H3,(H,16,18)(H,17,19)/t11-/m0/s1. The highest BCUT2D eigenvalue weighted by Crippen LogP contribution is 2.40. The molecule has 2 heterocycles. The van der Waals surface area contributed by atoms with E-state index in [2.05, 4.69) is 10.3 Å². The van der Waals surface area contributed by atoms with Gasteiger partial charge in [-0.15, -0.1) is 0 Å². The van der Waals surface area contributed by atoms with Gasteiger partial charge in [-0.1, -0.05) is 12.8 Å². The summed E-state index contributed by atoms with van der Waals surface area (Å²) in [6, 6.07) is 3.33. The molecule has 2 aliphatic rings. The second kappa shape index (κ2) is 5.05. The summed E-state index contributed by atoms with van der Waals surface area (Å²) >= 11 is 0. The number of carbonyl (C=O) groups is 1. The first-order valence-corrected chi connectivity index (χ1v) is 7.23. The minimum Gasteiger partial charge on any atom is -0.373 e. The second-order valence-corrected chi connectivity index (χ2v) is 5.96. The van der Waals surface area contributed by atoms with Crippen molar-refractivity contribution in [2.75, 3.05) is 6.61 Å². The van der Waals surface area contributed by atoms with Gasteiger partial charge in [-0.2, -0.15) is 0 Å². The van der Waals surface area contributed by atoms with Crippen molar-refractivity contribution in [3.63, 3.8) is 0 Å². The molecule has 5 heteroatoms. The molecule has 1 amide bonds. The lowest BCUT2D eigenvalue weighted by molar-refractivity contribution is 0.00987. The van der Waals surface area contributed by atoms with E-state index in [4.69, 9.17) is 4.74 Å². The fourth-order valence-corrected chi connectivity index (χ4v) is 3.32. The lowest BCUT2D eigenvalue weighted by atomic mass is 9.96. The van der Waals surface area contributed by atoms with Crippen molar-refractivity contribution in [3.05, 3.63) is 33.7 Å². The third kappa shape index (κ3) is 2.50. The largest absolute Gasteiger partial charge is 0.373 e. The van der Waals surface area contributed by atoms with E-state index in [9.17, 15) is 9.59 Å². The van der Waals surface area contributed by atoms with E-state index in [-0.39, 0.29) is 28.7 Å². The minimum absolute atomic E-state index is 0.0151. The van der Waals surface area contributed by atoms with Crippen LogP contribution in [-0.2, 0) is 4.74 Å². The number of hydrogen-bond acceptors (Lipinski definition) is 3. The van der Waals surface area contributed by atoms with Gasteiger partial charge in [0.05, 0.1) is 18.2 Å². The summed E-state index contributed by atoms with van der Waals surface area (Å²) in [6.07, 6.45) is 5.45. The molecule has 1 aliphatic heterocycles. The van der Waals surface area contributed by atoms with E-state index in [0.29, 0.717) is 6.61 Å². The number of aromatic nitrogens is 1. The Morgan fingerprint density at radius 2 is 2.15 bits per heavy atom. The Kier molecular flexibility index (Phi) is 3.38. The number of rotatable bonds is 2. The maximum Gasteiger partial charge on any atom is 0.260 e. The van der Waals surface area contributed by atoms with Gasteiger partial charge in [-0.25, -0.2) is 0 Å². The topological polar surface area (TPSA) is 71.2 Å². The van der Waals surface area contributed by atoms with Gasteiger partial charge < -0.3 is 15.0 Å². The summed E-state index contributed by atoms with van der Waals surface area (Å²) in [7, 11) is 0. The Labute approximate surface area is 117 Å². The molecule has 0 unspecified atom stereocenters. The van der Waals surface area contributed by atoms with Gasteiger partial charge in [0.1, 0.15) is 5.56 Å². The molecule has 2 fully saturated rings. The molecule has 1 saturated carbocycles. The zero-order valence-electron chi connectivity index (χ0n) is 11.7. The Balaban J connectivity index is 1.66. The van der Waals surface area contributed by atoms with E-state index >= 15 is 0 Å². The van der Waals surface area contributed by atoms with Gasteiger partial charge in [0.25, 0.3) is 11.5 Å². The van der Waals surface area contributed by atoms with Crippen LogP contribution in [0.2, 0.25) is 0 Å². The van der Waals surface area contributed by atoms with Gasteiger partial charge in [-0.05, 0) is 38.3 Å². The molecule has 1 saturated heterocycles. The quantitative estimate of drug-likeness (QED) is 0.860. The molecule has 1 spiro atoms. The molecule has 1 atom stereocenters. The lowest BCUT2D eigenvalue weighted by Crippen LogP contribution is -2.38. The van der Waals surface area contributed by atoms with Crippen LogP contribution in [0.15, 0.2) is 16.9 Å². The first-order valence-electron chi connectivity index (χ1n) is 7.23. The van der Waals surface area contributed by atoms with Crippen molar-refractivity contribution < 1.29 is 9.53 Å². The average Bonchev–Trinajstić information content (AvgIpc) is 3.00. The molecule has 1 aliphatic carbocycles. The van der Waals surface area contributed by atoms with Gasteiger partial charge >= 0.3 is 0 Å². The van der Waals surface area contributed by atoms with Crippen LogP contribution in [0.1, 0.15) is 48.2 Å². The number of hydrogen-bond donors (Lipinski definition) is 2. The minimum atomic E-state index is -0.336. The van der Waals surface area contributed by atoms with Crippen LogP contribution in [0.5, 0.6) is 0 Å². The maximum atomic E-state index is 12.1. The molecule has 1 aromatic heterocycles. The Morgan fingerprint density at radius 3 is 2.85 bits per heavy atom. The summed E-state index contributed by atoms with van der Waals surface area (Å²) in [4.78, 5) is 26.6. The predicted molar refractivity (Wildman–Crippen MR) is 74.8 cm³/mol. The normalized spacial score (nSPS) is 24.1. The predicted octanol–water partition coefficient (Wildman–Crippen LogP) is 1.51. The van der Waals surface area contributed by atoms with Crippen molar-refractivity contribution in [1.29, 1.82) is 0 Å². The van der Waals surface area contributed by atoms with Crippen molar-refractivity contribution in [3.8, 4) is 0 Å². The molecule has 108 valence electrons. The zero-order valence-corrected chi connectivity index (χ0v) is 11.7. The maximum absolute atomic E-state index is 12.1. The van der Waals surface area contributed by atoms with Crippen LogP contribution in [0.4, 0.5) is 0 Å². The summed E-state index contributed by atoms with van der Waals surface area (Å²) in [5.41, 5.74) is 0.568. The summed E-state index contributed by atoms with van der Waals surface area (Å²) < 4.78 is 5.90. The molecule has 2 N–H and O–H groups in total. The SMILES string of the molecule is Cc1ccc(C(=O)N[C@@H]2COC3(CCCC3)C2)c(=O)[nH]1. The van der Waals surface area contributed by atoms with E-state index in [0.717, 1.165) is 25.0 Å². The number of amides is 1. The van der Waals surface area contributed by atoms with Crippen LogP contribution in [-0.4, -0.2) is 29.1 Å². The summed E-state index contributed by atoms with van der Waals surface area (Å²) in [6.45, 7) is 2.34. The fraction of sp³-hybridized carbons (Fsp3) is 0.600. The van der Waals surface area contributed by atoms with Crippen molar-refractivity contribution in [2.45, 2.75) is 50.7 Å². The smallest absolute Gasteiger partial charge is 0.260 e. The summed E-state index contributed by atoms with van der Waals surface area (Å²) in [5.74, 6) is -0.310. The molecule has 5 nitrogen and oxygen atoms in total. The Bertz CT molecular complexity index is 573. The molecule has 20 heavy (non-hydrogen) atoms. The van der Waals surface area contributed by atoms with Crippen molar-refractivity contribution >= 4 is 5.91 Å². The highest BCUT2D eigenvalue weighted by molar-refractivity contribution is 5.94. The van der Waals surface area contributed by atoms with Crippen LogP contribution in [0.25, 0.3) is 0 Å². The number of ether oxygens (including phenoxy) is 1. The van der Waals surface area contributed by atoms with Gasteiger partial charge in [0.2, 0.25) is 0 Å². The molecule has 0 aromatic carbocycles. The summed E-state index contributed by atoms with van der Waals surface area (Å²) in [5, 5.41) is 2.92. The second-order valence-electron chi connectivity index (χ2n) is 5.96. The number of aromatic amines is 1. The number of pyridine rings is 1. The first kappa shape index (κ1) is 13.4. The van der Waals surface area contributed by atoms with Crippen LogP contribution in [0.3, 0.4) is 0 Å². The van der Waals surface area contributed by atoms with E-state index in [1.54, 1.807) is 19.1 Å². The third-order valence-corrected chi connectivity index (χ3v) is 4.36. The first-order chi connectivity index (χ1) is 9.58. The molecule has 1 aromatic rings. The average molecular weight is 276 g/mol. The molecule has 0 bridgehead atoms. The third-order valence-electron chi connectivity index (χ3n) is 4.36. The molecule has 0 radical (unpaired) electrons. The number of nitrogens with one attached hydrogen (secondary N) is 2. The Hall–Kier alpha value is -1.62. The number of aryl methyl sites for hydroxylation is 1. The van der Waals surface area contributed by atoms with Crippen molar-refractivity contribution in [2.24, 2.45) is 0 Å². The van der Waals surface area contributed by atoms with E-state index in [1.807, 2.05) is 0 Å². The highest BCUT2D eigenvalue weighted by atomic mass is 16.5. The van der Waals surface area contributed by atoms with Crippen LogP contribution in [0, 0.1) is 6.92 Å². The molecular formula is C15H20N2O3. The van der Waals surface area contributed by atoms with Gasteiger partial charge in [0, 0.05) is 5.69 Å². The van der Waals surface area contributed by atoms with Crippen molar-refractivity contribution in [1.82, 2.24) is 10.3 Å². The lowest BCUT2D eigenvalue weighted by Gasteiger charge is -2.21. The highest BCUT2D eigenvalue weighted by Gasteiger charge is 2.42. The molecule has 3 rings (SSSR count). The van der Waals surface area contributed by atoms with Crippen LogP contribution < -0.4 is 10.9 Å².